The van der Waals surface area contributed by atoms with Gasteiger partial charge in [-0.15, -0.1) is 6.58 Å². The zero-order chi connectivity index (χ0) is 11.5. The van der Waals surface area contributed by atoms with Gasteiger partial charge in [0.15, 0.2) is 0 Å². The summed E-state index contributed by atoms with van der Waals surface area (Å²) in [6, 6.07) is 0. The summed E-state index contributed by atoms with van der Waals surface area (Å²) in [5, 5.41) is 8.59. The molecule has 0 atom stereocenters. The van der Waals surface area contributed by atoms with Gasteiger partial charge < -0.3 is 5.11 Å². The largest absolute Gasteiger partial charge is 0.481 e. The predicted molar refractivity (Wildman–Crippen MR) is 63.0 cm³/mol. The Morgan fingerprint density at radius 2 is 2.07 bits per heavy atom. The van der Waals surface area contributed by atoms with Crippen molar-refractivity contribution in [2.75, 3.05) is 19.6 Å². The van der Waals surface area contributed by atoms with Gasteiger partial charge in [-0.2, -0.15) is 0 Å². The van der Waals surface area contributed by atoms with Crippen molar-refractivity contribution in [1.82, 2.24) is 4.90 Å². The van der Waals surface area contributed by atoms with Gasteiger partial charge in [0, 0.05) is 13.1 Å². The molecular weight excluding hydrogens is 190 g/mol. The van der Waals surface area contributed by atoms with E-state index >= 15 is 0 Å². The molecule has 88 valence electrons. The van der Waals surface area contributed by atoms with Crippen LogP contribution in [0.3, 0.4) is 0 Å². The van der Waals surface area contributed by atoms with Crippen LogP contribution in [0.25, 0.3) is 0 Å². The van der Waals surface area contributed by atoms with Crippen LogP contribution < -0.4 is 0 Å². The van der Waals surface area contributed by atoms with Crippen molar-refractivity contribution in [2.45, 2.75) is 39.0 Å². The summed E-state index contributed by atoms with van der Waals surface area (Å²) in [6.45, 7) is 8.28. The minimum absolute atomic E-state index is 0.224. The van der Waals surface area contributed by atoms with Crippen LogP contribution >= 0.6 is 0 Å². The summed E-state index contributed by atoms with van der Waals surface area (Å²) >= 11 is 0. The van der Waals surface area contributed by atoms with E-state index in [0.29, 0.717) is 6.54 Å². The number of carboxylic acids is 1. The molecule has 0 bridgehead atoms. The van der Waals surface area contributed by atoms with Crippen LogP contribution in [-0.4, -0.2) is 35.6 Å². The third kappa shape index (κ3) is 9.47. The second kappa shape index (κ2) is 9.71. The maximum atomic E-state index is 10.4. The van der Waals surface area contributed by atoms with Crippen LogP contribution in [0.4, 0.5) is 0 Å². The molecule has 0 aromatic heterocycles. The van der Waals surface area contributed by atoms with Crippen molar-refractivity contribution in [2.24, 2.45) is 0 Å². The lowest BCUT2D eigenvalue weighted by Gasteiger charge is -2.19. The highest BCUT2D eigenvalue weighted by atomic mass is 16.4. The van der Waals surface area contributed by atoms with Gasteiger partial charge in [0.1, 0.15) is 0 Å². The molecule has 0 heterocycles. The summed E-state index contributed by atoms with van der Waals surface area (Å²) in [7, 11) is 0. The second-order valence-electron chi connectivity index (χ2n) is 3.79. The Morgan fingerprint density at radius 1 is 1.33 bits per heavy atom. The second-order valence-corrected chi connectivity index (χ2v) is 3.79. The monoisotopic (exact) mass is 213 g/mol. The van der Waals surface area contributed by atoms with E-state index in [9.17, 15) is 4.79 Å². The molecule has 3 heteroatoms. The summed E-state index contributed by atoms with van der Waals surface area (Å²) < 4.78 is 0. The van der Waals surface area contributed by atoms with Gasteiger partial charge >= 0.3 is 5.97 Å². The van der Waals surface area contributed by atoms with Crippen molar-refractivity contribution in [3.8, 4) is 0 Å². The molecule has 1 N–H and O–H groups in total. The number of aliphatic carboxylic acids is 1. The third-order valence-corrected chi connectivity index (χ3v) is 2.36. The van der Waals surface area contributed by atoms with Crippen molar-refractivity contribution in [1.29, 1.82) is 0 Å². The fourth-order valence-corrected chi connectivity index (χ4v) is 1.49. The van der Waals surface area contributed by atoms with Crippen LogP contribution in [0, 0.1) is 0 Å². The van der Waals surface area contributed by atoms with Gasteiger partial charge in [0.25, 0.3) is 0 Å². The van der Waals surface area contributed by atoms with E-state index in [1.165, 1.54) is 19.3 Å². The standard InChI is InChI=1S/C12H23NO2/c1-3-5-6-7-10-13(9-4-2)11-8-12(14)15/h4H,2-3,5-11H2,1H3,(H,14,15). The number of nitrogens with zero attached hydrogens (tertiary/aromatic N) is 1. The Bertz CT molecular complexity index is 180. The quantitative estimate of drug-likeness (QED) is 0.448. The van der Waals surface area contributed by atoms with Gasteiger partial charge in [-0.05, 0) is 13.0 Å². The first-order chi connectivity index (χ1) is 7.20. The van der Waals surface area contributed by atoms with E-state index in [0.717, 1.165) is 19.5 Å². The van der Waals surface area contributed by atoms with E-state index in [1.807, 2.05) is 6.08 Å². The topological polar surface area (TPSA) is 40.5 Å². The maximum Gasteiger partial charge on any atom is 0.304 e. The molecule has 0 amide bonds. The normalized spacial score (nSPS) is 10.5. The number of hydrogen-bond donors (Lipinski definition) is 1. The van der Waals surface area contributed by atoms with Gasteiger partial charge in [0.05, 0.1) is 6.42 Å². The van der Waals surface area contributed by atoms with Gasteiger partial charge in [-0.3, -0.25) is 9.69 Å². The Kier molecular flexibility index (Phi) is 9.18. The lowest BCUT2D eigenvalue weighted by atomic mass is 10.2. The maximum absolute atomic E-state index is 10.4. The lowest BCUT2D eigenvalue weighted by molar-refractivity contribution is -0.137. The third-order valence-electron chi connectivity index (χ3n) is 2.36. The molecule has 0 saturated carbocycles. The summed E-state index contributed by atoms with van der Waals surface area (Å²) in [5.74, 6) is -0.724. The van der Waals surface area contributed by atoms with Gasteiger partial charge in [-0.25, -0.2) is 0 Å². The van der Waals surface area contributed by atoms with E-state index < -0.39 is 5.97 Å². The number of rotatable bonds is 10. The molecule has 0 rings (SSSR count). The molecule has 15 heavy (non-hydrogen) atoms. The van der Waals surface area contributed by atoms with E-state index in [4.69, 9.17) is 5.11 Å². The lowest BCUT2D eigenvalue weighted by Crippen LogP contribution is -2.27. The number of carboxylic acid groups (broad SMARTS) is 1. The fraction of sp³-hybridized carbons (Fsp3) is 0.750. The van der Waals surface area contributed by atoms with Crippen molar-refractivity contribution < 1.29 is 9.90 Å². The van der Waals surface area contributed by atoms with Gasteiger partial charge in [-0.1, -0.05) is 32.3 Å². The molecule has 3 nitrogen and oxygen atoms in total. The SMILES string of the molecule is C=CCN(CCCCCC)CCC(=O)O. The fourth-order valence-electron chi connectivity index (χ4n) is 1.49. The van der Waals surface area contributed by atoms with E-state index in [-0.39, 0.29) is 6.42 Å². The minimum Gasteiger partial charge on any atom is -0.481 e. The summed E-state index contributed by atoms with van der Waals surface area (Å²) in [4.78, 5) is 12.6. The zero-order valence-corrected chi connectivity index (χ0v) is 9.74. The van der Waals surface area contributed by atoms with Crippen molar-refractivity contribution >= 4 is 5.97 Å². The molecule has 0 unspecified atom stereocenters. The highest BCUT2D eigenvalue weighted by Crippen LogP contribution is 2.02. The van der Waals surface area contributed by atoms with Crippen LogP contribution in [-0.2, 0) is 4.79 Å². The average Bonchev–Trinajstić information content (AvgIpc) is 2.20. The Balaban J connectivity index is 3.62. The Hall–Kier alpha value is -0.830. The Morgan fingerprint density at radius 3 is 2.60 bits per heavy atom. The van der Waals surface area contributed by atoms with Crippen LogP contribution in [0.5, 0.6) is 0 Å². The number of hydrogen-bond acceptors (Lipinski definition) is 2. The van der Waals surface area contributed by atoms with E-state index in [1.54, 1.807) is 0 Å². The summed E-state index contributed by atoms with van der Waals surface area (Å²) in [6.07, 6.45) is 6.94. The zero-order valence-electron chi connectivity index (χ0n) is 9.74. The highest BCUT2D eigenvalue weighted by molar-refractivity contribution is 5.66. The van der Waals surface area contributed by atoms with Crippen molar-refractivity contribution in [3.63, 3.8) is 0 Å². The van der Waals surface area contributed by atoms with Crippen LogP contribution in [0.1, 0.15) is 39.0 Å². The van der Waals surface area contributed by atoms with Crippen LogP contribution in [0.2, 0.25) is 0 Å². The van der Waals surface area contributed by atoms with Gasteiger partial charge in [0.2, 0.25) is 0 Å². The molecule has 0 aliphatic carbocycles. The highest BCUT2D eigenvalue weighted by Gasteiger charge is 2.05. The average molecular weight is 213 g/mol. The predicted octanol–water partition coefficient (Wildman–Crippen LogP) is 2.53. The Labute approximate surface area is 92.8 Å². The molecule has 0 aliphatic heterocycles. The molecule has 0 aliphatic rings. The first-order valence-corrected chi connectivity index (χ1v) is 5.75. The molecule has 0 aromatic carbocycles. The first kappa shape index (κ1) is 14.2. The van der Waals surface area contributed by atoms with Crippen LogP contribution in [0.15, 0.2) is 12.7 Å². The number of carbonyl (C=O) groups is 1. The minimum atomic E-state index is -0.724. The van der Waals surface area contributed by atoms with E-state index in [2.05, 4.69) is 18.4 Å². The first-order valence-electron chi connectivity index (χ1n) is 5.75. The number of unbranched alkanes of at least 4 members (excludes halogenated alkanes) is 3. The molecule has 0 radical (unpaired) electrons. The molecule has 0 aromatic rings. The molecule has 0 saturated heterocycles. The molecular formula is C12H23NO2. The van der Waals surface area contributed by atoms with Crippen molar-refractivity contribution in [3.05, 3.63) is 12.7 Å². The summed E-state index contributed by atoms with van der Waals surface area (Å²) in [5.41, 5.74) is 0. The molecule has 0 spiro atoms. The smallest absolute Gasteiger partial charge is 0.304 e. The molecule has 0 fully saturated rings.